The van der Waals surface area contributed by atoms with Crippen molar-refractivity contribution in [2.45, 2.75) is 68.7 Å². The molecule has 0 bridgehead atoms. The van der Waals surface area contributed by atoms with Gasteiger partial charge in [0.2, 0.25) is 0 Å². The van der Waals surface area contributed by atoms with E-state index in [1.54, 1.807) is 0 Å². The van der Waals surface area contributed by atoms with E-state index in [4.69, 9.17) is 14.9 Å². The minimum absolute atomic E-state index is 0.317. The van der Waals surface area contributed by atoms with Gasteiger partial charge in [-0.1, -0.05) is 13.3 Å². The Morgan fingerprint density at radius 1 is 1.39 bits per heavy atom. The molecule has 0 radical (unpaired) electrons. The summed E-state index contributed by atoms with van der Waals surface area (Å²) in [7, 11) is 0. The molecule has 0 saturated carbocycles. The van der Waals surface area contributed by atoms with Crippen LogP contribution in [0.3, 0.4) is 0 Å². The zero-order valence-corrected chi connectivity index (χ0v) is 12.7. The van der Waals surface area contributed by atoms with Gasteiger partial charge in [-0.25, -0.2) is 4.79 Å². The van der Waals surface area contributed by atoms with Crippen LogP contribution < -0.4 is 5.32 Å². The van der Waals surface area contributed by atoms with E-state index in [2.05, 4.69) is 5.32 Å². The van der Waals surface area contributed by atoms with Crippen LogP contribution in [0.5, 0.6) is 0 Å². The number of aliphatic carboxylic acids is 1. The Bertz CT molecular complexity index is 396. The largest absolute Gasteiger partial charge is 0.477 e. The van der Waals surface area contributed by atoms with Crippen LogP contribution in [0.25, 0.3) is 0 Å². The highest BCUT2D eigenvalue weighted by Crippen LogP contribution is 2.30. The number of rotatable bonds is 8. The number of carboxylic acids is 1. The molecule has 23 heavy (non-hydrogen) atoms. The summed E-state index contributed by atoms with van der Waals surface area (Å²) in [6, 6.07) is -1.16. The fraction of sp³-hybridized carbons (Fsp3) is 0.923. The molecule has 0 amide bonds. The molecule has 0 aromatic carbocycles. The van der Waals surface area contributed by atoms with Crippen LogP contribution in [-0.2, 0) is 9.53 Å². The average Bonchev–Trinajstić information content (AvgIpc) is 2.48. The molecule has 1 rings (SSSR count). The standard InChI is InChI=1S/C13H25NO9/c1-2-3-8(18)14-9-6(16)4-13(22,12(20)21)23-11(9)10(19)7(17)5-15/h6-11,14-19,22H,2-5H2,1H3,(H,20,21). The van der Waals surface area contributed by atoms with Crippen molar-refractivity contribution >= 4 is 5.97 Å². The Hall–Kier alpha value is -0.850. The van der Waals surface area contributed by atoms with E-state index in [1.165, 1.54) is 0 Å². The maximum absolute atomic E-state index is 11.1. The second-order valence-corrected chi connectivity index (χ2v) is 5.68. The third kappa shape index (κ3) is 4.81. The molecule has 7 unspecified atom stereocenters. The van der Waals surface area contributed by atoms with Crippen LogP contribution in [0.15, 0.2) is 0 Å². The molecule has 0 aliphatic carbocycles. The van der Waals surface area contributed by atoms with Gasteiger partial charge in [0.15, 0.2) is 0 Å². The van der Waals surface area contributed by atoms with E-state index in [0.717, 1.165) is 0 Å². The van der Waals surface area contributed by atoms with Crippen molar-refractivity contribution in [2.75, 3.05) is 6.61 Å². The summed E-state index contributed by atoms with van der Waals surface area (Å²) >= 11 is 0. The van der Waals surface area contributed by atoms with Gasteiger partial charge < -0.3 is 40.5 Å². The highest BCUT2D eigenvalue weighted by Gasteiger charge is 2.53. The Balaban J connectivity index is 3.02. The first-order valence-electron chi connectivity index (χ1n) is 7.39. The number of ether oxygens (including phenoxy) is 1. The Labute approximate surface area is 132 Å². The number of carboxylic acid groups (broad SMARTS) is 1. The van der Waals surface area contributed by atoms with E-state index in [1.807, 2.05) is 6.92 Å². The van der Waals surface area contributed by atoms with E-state index >= 15 is 0 Å². The number of carbonyl (C=O) groups is 1. The van der Waals surface area contributed by atoms with Crippen LogP contribution in [0.4, 0.5) is 0 Å². The number of aliphatic hydroxyl groups is 6. The molecule has 7 atom stereocenters. The zero-order chi connectivity index (χ0) is 17.8. The van der Waals surface area contributed by atoms with Crippen molar-refractivity contribution in [3.63, 3.8) is 0 Å². The van der Waals surface area contributed by atoms with E-state index in [0.29, 0.717) is 12.8 Å². The molecular weight excluding hydrogens is 314 g/mol. The smallest absolute Gasteiger partial charge is 0.364 e. The molecule has 10 heteroatoms. The van der Waals surface area contributed by atoms with Crippen LogP contribution in [0, 0.1) is 0 Å². The van der Waals surface area contributed by atoms with E-state index in [9.17, 15) is 30.3 Å². The predicted octanol–water partition coefficient (Wildman–Crippen LogP) is -3.30. The molecule has 0 spiro atoms. The lowest BCUT2D eigenvalue weighted by atomic mass is 9.88. The third-order valence-electron chi connectivity index (χ3n) is 3.78. The fourth-order valence-corrected chi connectivity index (χ4v) is 2.51. The molecule has 1 aliphatic heterocycles. The van der Waals surface area contributed by atoms with Crippen molar-refractivity contribution in [2.24, 2.45) is 0 Å². The quantitative estimate of drug-likeness (QED) is 0.209. The van der Waals surface area contributed by atoms with Gasteiger partial charge in [0.25, 0.3) is 5.79 Å². The van der Waals surface area contributed by atoms with Gasteiger partial charge in [-0.05, 0) is 6.42 Å². The lowest BCUT2D eigenvalue weighted by molar-refractivity contribution is -0.297. The molecule has 8 N–H and O–H groups in total. The monoisotopic (exact) mass is 339 g/mol. The normalized spacial score (nSPS) is 35.5. The molecule has 10 nitrogen and oxygen atoms in total. The molecule has 0 aromatic rings. The number of hydrogen-bond acceptors (Lipinski definition) is 9. The van der Waals surface area contributed by atoms with Crippen molar-refractivity contribution < 1.29 is 45.3 Å². The maximum Gasteiger partial charge on any atom is 0.364 e. The van der Waals surface area contributed by atoms with Gasteiger partial charge in [-0.15, -0.1) is 0 Å². The summed E-state index contributed by atoms with van der Waals surface area (Å²) in [4.78, 5) is 11.1. The molecule has 136 valence electrons. The Morgan fingerprint density at radius 3 is 2.48 bits per heavy atom. The molecule has 1 saturated heterocycles. The predicted molar refractivity (Wildman–Crippen MR) is 75.0 cm³/mol. The first-order valence-corrected chi connectivity index (χ1v) is 7.39. The van der Waals surface area contributed by atoms with E-state index < -0.39 is 61.5 Å². The minimum atomic E-state index is -2.76. The first kappa shape index (κ1) is 20.2. The van der Waals surface area contributed by atoms with Crippen LogP contribution >= 0.6 is 0 Å². The van der Waals surface area contributed by atoms with Crippen molar-refractivity contribution in [3.8, 4) is 0 Å². The van der Waals surface area contributed by atoms with Crippen molar-refractivity contribution in [1.82, 2.24) is 5.32 Å². The molecule has 1 heterocycles. The highest BCUT2D eigenvalue weighted by molar-refractivity contribution is 5.75. The molecule has 1 aliphatic rings. The summed E-state index contributed by atoms with van der Waals surface area (Å²) in [6.07, 6.45) is -7.38. The van der Waals surface area contributed by atoms with Gasteiger partial charge in [-0.3, -0.25) is 5.32 Å². The summed E-state index contributed by atoms with van der Waals surface area (Å²) in [5.41, 5.74) is 0. The van der Waals surface area contributed by atoms with Gasteiger partial charge >= 0.3 is 5.97 Å². The summed E-state index contributed by atoms with van der Waals surface area (Å²) in [5, 5.41) is 69.9. The SMILES string of the molecule is CCCC(O)NC1C(O)CC(O)(C(=O)O)OC1C(O)C(O)CO. The summed E-state index contributed by atoms with van der Waals surface area (Å²) in [5.74, 6) is -4.52. The van der Waals surface area contributed by atoms with Gasteiger partial charge in [0.05, 0.1) is 18.8 Å². The fourth-order valence-electron chi connectivity index (χ4n) is 2.51. The lowest BCUT2D eigenvalue weighted by Crippen LogP contribution is -2.67. The van der Waals surface area contributed by atoms with Crippen LogP contribution in [0.2, 0.25) is 0 Å². The molecule has 0 aromatic heterocycles. The number of hydrogen-bond donors (Lipinski definition) is 8. The molecular formula is C13H25NO9. The van der Waals surface area contributed by atoms with Crippen LogP contribution in [-0.4, -0.2) is 90.8 Å². The zero-order valence-electron chi connectivity index (χ0n) is 12.7. The lowest BCUT2D eigenvalue weighted by Gasteiger charge is -2.45. The van der Waals surface area contributed by atoms with Gasteiger partial charge in [-0.2, -0.15) is 0 Å². The first-order chi connectivity index (χ1) is 10.7. The maximum atomic E-state index is 11.1. The summed E-state index contributed by atoms with van der Waals surface area (Å²) in [6.45, 7) is 0.969. The highest BCUT2D eigenvalue weighted by atomic mass is 16.7. The third-order valence-corrected chi connectivity index (χ3v) is 3.78. The van der Waals surface area contributed by atoms with E-state index in [-0.39, 0.29) is 0 Å². The number of nitrogens with one attached hydrogen (secondary N) is 1. The minimum Gasteiger partial charge on any atom is -0.477 e. The molecule has 1 fully saturated rings. The second kappa shape index (κ2) is 8.31. The van der Waals surface area contributed by atoms with Crippen molar-refractivity contribution in [3.05, 3.63) is 0 Å². The van der Waals surface area contributed by atoms with Crippen molar-refractivity contribution in [1.29, 1.82) is 0 Å². The Kier molecular flexibility index (Phi) is 7.29. The van der Waals surface area contributed by atoms with Crippen LogP contribution in [0.1, 0.15) is 26.2 Å². The van der Waals surface area contributed by atoms with Gasteiger partial charge in [0, 0.05) is 6.42 Å². The Morgan fingerprint density at radius 2 is 2.00 bits per heavy atom. The topological polar surface area (TPSA) is 180 Å². The summed E-state index contributed by atoms with van der Waals surface area (Å²) < 4.78 is 4.98. The average molecular weight is 339 g/mol. The number of aliphatic hydroxyl groups excluding tert-OH is 5. The van der Waals surface area contributed by atoms with Gasteiger partial charge in [0.1, 0.15) is 24.5 Å². The second-order valence-electron chi connectivity index (χ2n) is 5.68.